The Balaban J connectivity index is 2.24. The Kier molecular flexibility index (Phi) is 4.13. The number of nitrogens with zero attached hydrogens (tertiary/aromatic N) is 2. The lowest BCUT2D eigenvalue weighted by atomic mass is 9.82. The standard InChI is InChI=1S/C17H19N3O/c1-4-17(2,3)13-5-7-14(8-6-13)21-16-15(19)12(11-18)9-10-20-16/h5-10H,4,19H2,1-3H3. The maximum absolute atomic E-state index is 8.95. The monoisotopic (exact) mass is 281 g/mol. The molecule has 0 aliphatic carbocycles. The molecule has 2 N–H and O–H groups in total. The van der Waals surface area contributed by atoms with E-state index >= 15 is 0 Å². The van der Waals surface area contributed by atoms with Gasteiger partial charge in [0.1, 0.15) is 17.5 Å². The molecule has 4 heteroatoms. The van der Waals surface area contributed by atoms with Crippen LogP contribution in [0.5, 0.6) is 11.6 Å². The summed E-state index contributed by atoms with van der Waals surface area (Å²) in [6.07, 6.45) is 2.57. The molecule has 0 atom stereocenters. The summed E-state index contributed by atoms with van der Waals surface area (Å²) in [6.45, 7) is 6.58. The summed E-state index contributed by atoms with van der Waals surface area (Å²) in [6, 6.07) is 11.5. The highest BCUT2D eigenvalue weighted by molar-refractivity contribution is 5.60. The fourth-order valence-corrected chi connectivity index (χ4v) is 1.92. The van der Waals surface area contributed by atoms with Gasteiger partial charge >= 0.3 is 0 Å². The highest BCUT2D eigenvalue weighted by Gasteiger charge is 2.17. The van der Waals surface area contributed by atoms with E-state index in [0.717, 1.165) is 6.42 Å². The van der Waals surface area contributed by atoms with Crippen LogP contribution >= 0.6 is 0 Å². The van der Waals surface area contributed by atoms with Gasteiger partial charge in [0.25, 0.3) is 0 Å². The fourth-order valence-electron chi connectivity index (χ4n) is 1.92. The number of aromatic nitrogens is 1. The lowest BCUT2D eigenvalue weighted by Gasteiger charge is -2.23. The smallest absolute Gasteiger partial charge is 0.244 e. The fraction of sp³-hybridized carbons (Fsp3) is 0.294. The van der Waals surface area contributed by atoms with Crippen molar-refractivity contribution >= 4 is 5.69 Å². The van der Waals surface area contributed by atoms with Gasteiger partial charge in [-0.15, -0.1) is 0 Å². The Morgan fingerprint density at radius 1 is 1.24 bits per heavy atom. The van der Waals surface area contributed by atoms with E-state index in [1.165, 1.54) is 11.8 Å². The zero-order valence-electron chi connectivity index (χ0n) is 12.6. The highest BCUT2D eigenvalue weighted by Crippen LogP contribution is 2.31. The van der Waals surface area contributed by atoms with Gasteiger partial charge in [0.15, 0.2) is 0 Å². The van der Waals surface area contributed by atoms with Gasteiger partial charge in [0.2, 0.25) is 5.88 Å². The molecule has 0 spiro atoms. The molecule has 2 aromatic rings. The molecule has 2 rings (SSSR count). The van der Waals surface area contributed by atoms with Gasteiger partial charge in [-0.3, -0.25) is 0 Å². The minimum Gasteiger partial charge on any atom is -0.437 e. The molecule has 0 saturated carbocycles. The van der Waals surface area contributed by atoms with Gasteiger partial charge in [-0.1, -0.05) is 32.9 Å². The number of rotatable bonds is 4. The number of benzene rings is 1. The molecule has 0 aliphatic heterocycles. The van der Waals surface area contributed by atoms with Gasteiger partial charge < -0.3 is 10.5 Å². The Bertz CT molecular complexity index is 669. The Morgan fingerprint density at radius 2 is 1.90 bits per heavy atom. The Morgan fingerprint density at radius 3 is 2.48 bits per heavy atom. The molecule has 0 amide bonds. The third-order valence-corrected chi connectivity index (χ3v) is 3.81. The van der Waals surface area contributed by atoms with Gasteiger partial charge in [0.05, 0.1) is 5.56 Å². The number of hydrogen-bond donors (Lipinski definition) is 1. The Labute approximate surface area is 125 Å². The molecule has 0 aliphatic rings. The van der Waals surface area contributed by atoms with Crippen molar-refractivity contribution in [1.82, 2.24) is 4.98 Å². The molecule has 0 radical (unpaired) electrons. The van der Waals surface area contributed by atoms with Crippen LogP contribution in [0.25, 0.3) is 0 Å². The van der Waals surface area contributed by atoms with Crippen LogP contribution in [-0.4, -0.2) is 4.98 Å². The summed E-state index contributed by atoms with van der Waals surface area (Å²) in [5.41, 5.74) is 7.87. The highest BCUT2D eigenvalue weighted by atomic mass is 16.5. The summed E-state index contributed by atoms with van der Waals surface area (Å²) in [5.74, 6) is 0.913. The number of nitrogen functional groups attached to an aromatic ring is 1. The predicted octanol–water partition coefficient (Wildman–Crippen LogP) is 4.02. The van der Waals surface area contributed by atoms with Crippen molar-refractivity contribution in [3.8, 4) is 17.7 Å². The minimum absolute atomic E-state index is 0.135. The van der Waals surface area contributed by atoms with E-state index in [1.807, 2.05) is 30.3 Å². The van der Waals surface area contributed by atoms with Crippen LogP contribution in [0.2, 0.25) is 0 Å². The first-order valence-corrected chi connectivity index (χ1v) is 6.91. The number of ether oxygens (including phenoxy) is 1. The molecule has 1 aromatic carbocycles. The lowest BCUT2D eigenvalue weighted by molar-refractivity contribution is 0.463. The van der Waals surface area contributed by atoms with Crippen molar-refractivity contribution in [2.45, 2.75) is 32.6 Å². The van der Waals surface area contributed by atoms with Gasteiger partial charge in [-0.2, -0.15) is 5.26 Å². The summed E-state index contributed by atoms with van der Waals surface area (Å²) in [7, 11) is 0. The van der Waals surface area contributed by atoms with E-state index in [4.69, 9.17) is 15.7 Å². The summed E-state index contributed by atoms with van der Waals surface area (Å²) >= 11 is 0. The normalized spacial score (nSPS) is 11.0. The maximum Gasteiger partial charge on any atom is 0.244 e. The molecule has 108 valence electrons. The summed E-state index contributed by atoms with van der Waals surface area (Å²) in [4.78, 5) is 4.07. The molecule has 1 aromatic heterocycles. The molecule has 0 unspecified atom stereocenters. The molecule has 1 heterocycles. The molecule has 0 fully saturated rings. The van der Waals surface area contributed by atoms with Crippen LogP contribution in [0.3, 0.4) is 0 Å². The minimum atomic E-state index is 0.135. The van der Waals surface area contributed by atoms with E-state index in [9.17, 15) is 0 Å². The van der Waals surface area contributed by atoms with Crippen LogP contribution in [0.1, 0.15) is 38.3 Å². The lowest BCUT2D eigenvalue weighted by Crippen LogP contribution is -2.14. The van der Waals surface area contributed by atoms with Gasteiger partial charge in [-0.25, -0.2) is 4.98 Å². The van der Waals surface area contributed by atoms with Crippen molar-refractivity contribution in [2.75, 3.05) is 5.73 Å². The predicted molar refractivity (Wildman–Crippen MR) is 83.2 cm³/mol. The average Bonchev–Trinajstić information content (AvgIpc) is 2.50. The van der Waals surface area contributed by atoms with Crippen molar-refractivity contribution in [1.29, 1.82) is 5.26 Å². The quantitative estimate of drug-likeness (QED) is 0.918. The first kappa shape index (κ1) is 14.9. The first-order valence-electron chi connectivity index (χ1n) is 6.91. The number of nitriles is 1. The van der Waals surface area contributed by atoms with Crippen LogP contribution in [-0.2, 0) is 5.41 Å². The van der Waals surface area contributed by atoms with Gasteiger partial charge in [0, 0.05) is 6.20 Å². The Hall–Kier alpha value is -2.54. The second-order valence-corrected chi connectivity index (χ2v) is 5.55. The molecule has 0 saturated heterocycles. The third kappa shape index (κ3) is 3.14. The number of nitrogens with two attached hydrogens (primary N) is 1. The average molecular weight is 281 g/mol. The molecule has 0 bridgehead atoms. The SMILES string of the molecule is CCC(C)(C)c1ccc(Oc2nccc(C#N)c2N)cc1. The molecule has 4 nitrogen and oxygen atoms in total. The van der Waals surface area contributed by atoms with Gasteiger partial charge in [-0.05, 0) is 35.6 Å². The largest absolute Gasteiger partial charge is 0.437 e. The number of pyridine rings is 1. The third-order valence-electron chi connectivity index (χ3n) is 3.81. The summed E-state index contributed by atoms with van der Waals surface area (Å²) < 4.78 is 5.67. The number of hydrogen-bond acceptors (Lipinski definition) is 4. The van der Waals surface area contributed by atoms with Crippen LogP contribution in [0, 0.1) is 11.3 Å². The maximum atomic E-state index is 8.95. The summed E-state index contributed by atoms with van der Waals surface area (Å²) in [5, 5.41) is 8.95. The van der Waals surface area contributed by atoms with Crippen molar-refractivity contribution in [2.24, 2.45) is 0 Å². The molecule has 21 heavy (non-hydrogen) atoms. The zero-order valence-corrected chi connectivity index (χ0v) is 12.6. The second-order valence-electron chi connectivity index (χ2n) is 5.55. The topological polar surface area (TPSA) is 71.9 Å². The van der Waals surface area contributed by atoms with E-state index < -0.39 is 0 Å². The first-order chi connectivity index (χ1) is 9.97. The second kappa shape index (κ2) is 5.84. The van der Waals surface area contributed by atoms with Crippen LogP contribution < -0.4 is 10.5 Å². The van der Waals surface area contributed by atoms with Crippen molar-refractivity contribution < 1.29 is 4.74 Å². The van der Waals surface area contributed by atoms with Crippen molar-refractivity contribution in [3.63, 3.8) is 0 Å². The van der Waals surface area contributed by atoms with E-state index in [0.29, 0.717) is 11.3 Å². The van der Waals surface area contributed by atoms with Crippen LogP contribution in [0.15, 0.2) is 36.5 Å². The van der Waals surface area contributed by atoms with Crippen LogP contribution in [0.4, 0.5) is 5.69 Å². The van der Waals surface area contributed by atoms with E-state index in [1.54, 1.807) is 6.07 Å². The van der Waals surface area contributed by atoms with Crippen molar-refractivity contribution in [3.05, 3.63) is 47.7 Å². The molecular weight excluding hydrogens is 262 g/mol. The van der Waals surface area contributed by atoms with E-state index in [-0.39, 0.29) is 17.0 Å². The molecular formula is C17H19N3O. The van der Waals surface area contributed by atoms with E-state index in [2.05, 4.69) is 25.8 Å². The number of anilines is 1. The zero-order chi connectivity index (χ0) is 15.5.